The molecule has 0 saturated carbocycles. The zero-order valence-electron chi connectivity index (χ0n) is 14.8. The maximum atomic E-state index is 2.79. The first-order valence-corrected chi connectivity index (χ1v) is 9.11. The zero-order chi connectivity index (χ0) is 15.2. The van der Waals surface area contributed by atoms with E-state index in [0.29, 0.717) is 5.41 Å². The molecule has 2 atom stereocenters. The van der Waals surface area contributed by atoms with Gasteiger partial charge >= 0.3 is 0 Å². The Hall–Kier alpha value is -0.120. The highest BCUT2D eigenvalue weighted by molar-refractivity contribution is 5.08. The smallest absolute Gasteiger partial charge is 0.0212 e. The van der Waals surface area contributed by atoms with Crippen molar-refractivity contribution in [3.63, 3.8) is 0 Å². The Morgan fingerprint density at radius 2 is 1.71 bits per heavy atom. The SMILES string of the molecule is CC(C)CN1CCC(N2CC3(CN(C(C)C)C3)C2)C[C@H]1C. The summed E-state index contributed by atoms with van der Waals surface area (Å²) in [6.07, 6.45) is 2.78. The van der Waals surface area contributed by atoms with Gasteiger partial charge in [-0.3, -0.25) is 9.80 Å². The Bertz CT molecular complexity index is 351. The van der Waals surface area contributed by atoms with E-state index in [4.69, 9.17) is 0 Å². The van der Waals surface area contributed by atoms with E-state index in [1.807, 2.05) is 0 Å². The van der Waals surface area contributed by atoms with Crippen LogP contribution in [0.15, 0.2) is 0 Å². The number of rotatable bonds is 4. The largest absolute Gasteiger partial charge is 0.300 e. The van der Waals surface area contributed by atoms with Gasteiger partial charge in [-0.1, -0.05) is 13.8 Å². The van der Waals surface area contributed by atoms with Crippen LogP contribution in [0.5, 0.6) is 0 Å². The molecule has 3 aliphatic rings. The molecule has 3 rings (SSSR count). The highest BCUT2D eigenvalue weighted by Gasteiger charge is 2.53. The quantitative estimate of drug-likeness (QED) is 0.788. The van der Waals surface area contributed by atoms with E-state index in [2.05, 4.69) is 49.3 Å². The van der Waals surface area contributed by atoms with Gasteiger partial charge in [-0.2, -0.15) is 0 Å². The van der Waals surface area contributed by atoms with Crippen LogP contribution in [0.3, 0.4) is 0 Å². The Balaban J connectivity index is 1.43. The van der Waals surface area contributed by atoms with Crippen LogP contribution in [0.2, 0.25) is 0 Å². The molecule has 0 aliphatic carbocycles. The van der Waals surface area contributed by atoms with Crippen molar-refractivity contribution in [1.29, 1.82) is 0 Å². The molecule has 3 heteroatoms. The summed E-state index contributed by atoms with van der Waals surface area (Å²) in [7, 11) is 0. The second-order valence-electron chi connectivity index (χ2n) is 8.82. The van der Waals surface area contributed by atoms with E-state index in [0.717, 1.165) is 24.0 Å². The van der Waals surface area contributed by atoms with Crippen LogP contribution in [0, 0.1) is 11.3 Å². The third-order valence-electron chi connectivity index (χ3n) is 5.99. The molecular weight excluding hydrogens is 258 g/mol. The number of nitrogens with zero attached hydrogens (tertiary/aromatic N) is 3. The number of hydrogen-bond acceptors (Lipinski definition) is 3. The van der Waals surface area contributed by atoms with E-state index >= 15 is 0 Å². The highest BCUT2D eigenvalue weighted by atomic mass is 15.3. The van der Waals surface area contributed by atoms with Gasteiger partial charge in [0.1, 0.15) is 0 Å². The van der Waals surface area contributed by atoms with Crippen LogP contribution >= 0.6 is 0 Å². The lowest BCUT2D eigenvalue weighted by molar-refractivity contribution is -0.147. The number of hydrogen-bond donors (Lipinski definition) is 0. The van der Waals surface area contributed by atoms with Crippen molar-refractivity contribution in [3.05, 3.63) is 0 Å². The Morgan fingerprint density at radius 3 is 2.24 bits per heavy atom. The van der Waals surface area contributed by atoms with Gasteiger partial charge in [-0.15, -0.1) is 0 Å². The second-order valence-corrected chi connectivity index (χ2v) is 8.82. The van der Waals surface area contributed by atoms with E-state index in [9.17, 15) is 0 Å². The van der Waals surface area contributed by atoms with Gasteiger partial charge in [0, 0.05) is 56.3 Å². The third-order valence-corrected chi connectivity index (χ3v) is 5.99. The molecule has 1 spiro atoms. The molecule has 3 aliphatic heterocycles. The summed E-state index contributed by atoms with van der Waals surface area (Å²) in [6, 6.07) is 2.38. The summed E-state index contributed by atoms with van der Waals surface area (Å²) in [5, 5.41) is 0. The average molecular weight is 293 g/mol. The first-order valence-electron chi connectivity index (χ1n) is 9.11. The molecule has 21 heavy (non-hydrogen) atoms. The van der Waals surface area contributed by atoms with Gasteiger partial charge in [-0.25, -0.2) is 0 Å². The Morgan fingerprint density at radius 1 is 1.05 bits per heavy atom. The molecule has 1 unspecified atom stereocenters. The van der Waals surface area contributed by atoms with Gasteiger partial charge in [0.25, 0.3) is 0 Å². The molecule has 122 valence electrons. The van der Waals surface area contributed by atoms with Crippen molar-refractivity contribution < 1.29 is 0 Å². The maximum absolute atomic E-state index is 2.79. The monoisotopic (exact) mass is 293 g/mol. The summed E-state index contributed by atoms with van der Waals surface area (Å²) < 4.78 is 0. The van der Waals surface area contributed by atoms with Crippen LogP contribution < -0.4 is 0 Å². The molecule has 0 aromatic rings. The molecule has 3 heterocycles. The minimum atomic E-state index is 0.683. The van der Waals surface area contributed by atoms with Gasteiger partial charge in [0.2, 0.25) is 0 Å². The molecule has 3 fully saturated rings. The van der Waals surface area contributed by atoms with Crippen molar-refractivity contribution in [1.82, 2.24) is 14.7 Å². The lowest BCUT2D eigenvalue weighted by Gasteiger charge is -2.64. The maximum Gasteiger partial charge on any atom is 0.0212 e. The van der Waals surface area contributed by atoms with Crippen molar-refractivity contribution in [2.45, 2.75) is 65.6 Å². The molecule has 3 nitrogen and oxygen atoms in total. The summed E-state index contributed by atoms with van der Waals surface area (Å²) in [5.41, 5.74) is 0.683. The van der Waals surface area contributed by atoms with Crippen molar-refractivity contribution in [3.8, 4) is 0 Å². The van der Waals surface area contributed by atoms with Crippen LogP contribution in [-0.2, 0) is 0 Å². The van der Waals surface area contributed by atoms with Crippen molar-refractivity contribution >= 4 is 0 Å². The summed E-state index contributed by atoms with van der Waals surface area (Å²) in [5.74, 6) is 0.799. The van der Waals surface area contributed by atoms with E-state index in [1.54, 1.807) is 0 Å². The summed E-state index contributed by atoms with van der Waals surface area (Å²) in [4.78, 5) is 8.13. The fourth-order valence-electron chi connectivity index (χ4n) is 4.72. The number of piperidine rings is 1. The van der Waals surface area contributed by atoms with Crippen molar-refractivity contribution in [2.75, 3.05) is 39.3 Å². The van der Waals surface area contributed by atoms with Gasteiger partial charge in [0.05, 0.1) is 0 Å². The fraction of sp³-hybridized carbons (Fsp3) is 1.00. The fourth-order valence-corrected chi connectivity index (χ4v) is 4.72. The van der Waals surface area contributed by atoms with Crippen LogP contribution in [0.1, 0.15) is 47.5 Å². The van der Waals surface area contributed by atoms with E-state index in [1.165, 1.54) is 52.1 Å². The topological polar surface area (TPSA) is 9.72 Å². The van der Waals surface area contributed by atoms with Crippen LogP contribution in [-0.4, -0.2) is 72.1 Å². The number of likely N-dealkylation sites (tertiary alicyclic amines) is 3. The highest BCUT2D eigenvalue weighted by Crippen LogP contribution is 2.43. The van der Waals surface area contributed by atoms with Crippen LogP contribution in [0.4, 0.5) is 0 Å². The zero-order valence-corrected chi connectivity index (χ0v) is 14.8. The molecule has 0 aromatic carbocycles. The lowest BCUT2D eigenvalue weighted by Crippen LogP contribution is -2.74. The third kappa shape index (κ3) is 3.16. The van der Waals surface area contributed by atoms with Gasteiger partial charge < -0.3 is 4.90 Å². The molecule has 0 amide bonds. The predicted molar refractivity (Wildman–Crippen MR) is 89.6 cm³/mol. The van der Waals surface area contributed by atoms with Gasteiger partial charge in [-0.05, 0) is 46.1 Å². The molecule has 3 saturated heterocycles. The Kier molecular flexibility index (Phi) is 4.37. The minimum Gasteiger partial charge on any atom is -0.300 e. The first-order chi connectivity index (χ1) is 9.88. The standard InChI is InChI=1S/C18H35N3/c1-14(2)9-19-7-6-17(8-16(19)5)21-12-18(13-21)10-20(11-18)15(3)4/h14-17H,6-13H2,1-5H3/t16-,17?/m1/s1. The molecular formula is C18H35N3. The molecule has 0 aromatic heterocycles. The second kappa shape index (κ2) is 5.82. The normalized spacial score (nSPS) is 34.4. The van der Waals surface area contributed by atoms with Crippen molar-refractivity contribution in [2.24, 2.45) is 11.3 Å². The van der Waals surface area contributed by atoms with Gasteiger partial charge in [0.15, 0.2) is 0 Å². The van der Waals surface area contributed by atoms with E-state index < -0.39 is 0 Å². The minimum absolute atomic E-state index is 0.683. The molecule has 0 N–H and O–H groups in total. The first kappa shape index (κ1) is 15.8. The molecule has 0 bridgehead atoms. The average Bonchev–Trinajstić information content (AvgIpc) is 2.27. The summed E-state index contributed by atoms with van der Waals surface area (Å²) >= 11 is 0. The predicted octanol–water partition coefficient (Wildman–Crippen LogP) is 2.52. The Labute approximate surface area is 131 Å². The van der Waals surface area contributed by atoms with E-state index in [-0.39, 0.29) is 0 Å². The summed E-state index contributed by atoms with van der Waals surface area (Å²) in [6.45, 7) is 19.8. The molecule has 0 radical (unpaired) electrons. The lowest BCUT2D eigenvalue weighted by atomic mass is 9.71. The van der Waals surface area contributed by atoms with Crippen LogP contribution in [0.25, 0.3) is 0 Å².